The number of halogens is 3. The highest BCUT2D eigenvalue weighted by Crippen LogP contribution is 2.21. The zero-order valence-electron chi connectivity index (χ0n) is 12.5. The molecule has 8 heteroatoms. The fourth-order valence-corrected chi connectivity index (χ4v) is 2.93. The lowest BCUT2D eigenvalue weighted by molar-refractivity contribution is 0.190. The summed E-state index contributed by atoms with van der Waals surface area (Å²) in [4.78, 5) is 6.65. The highest BCUT2D eigenvalue weighted by atomic mass is 35.5. The Morgan fingerprint density at radius 3 is 2.70 bits per heavy atom. The Morgan fingerprint density at radius 1 is 1.26 bits per heavy atom. The summed E-state index contributed by atoms with van der Waals surface area (Å²) < 4.78 is 5.28. The van der Waals surface area contributed by atoms with E-state index in [1.807, 2.05) is 18.2 Å². The van der Waals surface area contributed by atoms with E-state index in [2.05, 4.69) is 27.4 Å². The molecule has 0 aliphatic carbocycles. The van der Waals surface area contributed by atoms with Crippen LogP contribution < -0.4 is 5.32 Å². The van der Waals surface area contributed by atoms with Crippen LogP contribution in [0.1, 0.15) is 23.3 Å². The summed E-state index contributed by atoms with van der Waals surface area (Å²) in [5.41, 5.74) is 0.883. The first-order chi connectivity index (χ1) is 10.6. The van der Waals surface area contributed by atoms with Crippen LogP contribution in [0.5, 0.6) is 0 Å². The van der Waals surface area contributed by atoms with Gasteiger partial charge in [-0.2, -0.15) is 4.98 Å². The molecule has 5 nitrogen and oxygen atoms in total. The molecule has 0 spiro atoms. The molecule has 1 fully saturated rings. The maximum absolute atomic E-state index is 5.97. The SMILES string of the molecule is CN1CCNCC1c1noc(/C=C/c2cc(Cl)cc(Cl)c2)n1.Cl. The summed E-state index contributed by atoms with van der Waals surface area (Å²) in [5.74, 6) is 1.16. The number of nitrogens with one attached hydrogen (secondary N) is 1. The first-order valence-electron chi connectivity index (χ1n) is 7.00. The molecule has 1 aromatic carbocycles. The van der Waals surface area contributed by atoms with Gasteiger partial charge in [-0.1, -0.05) is 28.4 Å². The topological polar surface area (TPSA) is 54.2 Å². The zero-order chi connectivity index (χ0) is 15.5. The van der Waals surface area contributed by atoms with Gasteiger partial charge in [-0.05, 0) is 36.9 Å². The van der Waals surface area contributed by atoms with Crippen LogP contribution in [0.25, 0.3) is 12.2 Å². The summed E-state index contributed by atoms with van der Waals surface area (Å²) in [6, 6.07) is 5.47. The minimum atomic E-state index is 0. The molecule has 1 aromatic heterocycles. The van der Waals surface area contributed by atoms with Crippen molar-refractivity contribution >= 4 is 47.8 Å². The molecule has 2 aromatic rings. The molecule has 1 saturated heterocycles. The van der Waals surface area contributed by atoms with E-state index in [-0.39, 0.29) is 18.4 Å². The molecule has 1 N–H and O–H groups in total. The van der Waals surface area contributed by atoms with Crippen molar-refractivity contribution in [2.75, 3.05) is 26.7 Å². The van der Waals surface area contributed by atoms with Crippen LogP contribution in [0.2, 0.25) is 10.0 Å². The van der Waals surface area contributed by atoms with Crippen molar-refractivity contribution in [2.45, 2.75) is 6.04 Å². The number of piperazine rings is 1. The van der Waals surface area contributed by atoms with E-state index in [0.29, 0.717) is 21.8 Å². The second-order valence-corrected chi connectivity index (χ2v) is 6.10. The first-order valence-corrected chi connectivity index (χ1v) is 7.76. The van der Waals surface area contributed by atoms with E-state index in [9.17, 15) is 0 Å². The molecule has 3 rings (SSSR count). The van der Waals surface area contributed by atoms with E-state index in [4.69, 9.17) is 27.7 Å². The average molecular weight is 376 g/mol. The van der Waals surface area contributed by atoms with Gasteiger partial charge in [-0.15, -0.1) is 12.4 Å². The van der Waals surface area contributed by atoms with E-state index in [0.717, 1.165) is 25.2 Å². The van der Waals surface area contributed by atoms with Gasteiger partial charge < -0.3 is 9.84 Å². The minimum absolute atomic E-state index is 0. The Morgan fingerprint density at radius 2 is 2.00 bits per heavy atom. The predicted molar refractivity (Wildman–Crippen MR) is 95.2 cm³/mol. The average Bonchev–Trinajstić information content (AvgIpc) is 2.93. The number of benzene rings is 1. The van der Waals surface area contributed by atoms with Crippen LogP contribution in [0.3, 0.4) is 0 Å². The number of hydrogen-bond donors (Lipinski definition) is 1. The standard InChI is InChI=1S/C15H16Cl2N4O.ClH/c1-21-5-4-18-9-13(21)15-19-14(22-20-15)3-2-10-6-11(16)8-12(17)7-10;/h2-3,6-8,13,18H,4-5,9H2,1H3;1H/b3-2+;. The van der Waals surface area contributed by atoms with Gasteiger partial charge in [-0.25, -0.2) is 0 Å². The lowest BCUT2D eigenvalue weighted by atomic mass is 10.2. The van der Waals surface area contributed by atoms with Crippen LogP contribution in [-0.2, 0) is 0 Å². The van der Waals surface area contributed by atoms with Crippen LogP contribution in [-0.4, -0.2) is 41.7 Å². The Balaban J connectivity index is 0.00000192. The Labute approximate surface area is 151 Å². The number of rotatable bonds is 3. The van der Waals surface area contributed by atoms with Crippen LogP contribution in [0.15, 0.2) is 22.7 Å². The number of likely N-dealkylation sites (N-methyl/N-ethyl adjacent to an activating group) is 1. The van der Waals surface area contributed by atoms with Crippen molar-refractivity contribution in [1.29, 1.82) is 0 Å². The third-order valence-corrected chi connectivity index (χ3v) is 4.01. The van der Waals surface area contributed by atoms with E-state index in [1.54, 1.807) is 12.1 Å². The molecule has 1 unspecified atom stereocenters. The lowest BCUT2D eigenvalue weighted by Crippen LogP contribution is -2.44. The third kappa shape index (κ3) is 4.68. The van der Waals surface area contributed by atoms with Gasteiger partial charge in [0.15, 0.2) is 5.82 Å². The minimum Gasteiger partial charge on any atom is -0.335 e. The molecule has 2 heterocycles. The molecular formula is C15H17Cl3N4O. The molecule has 124 valence electrons. The van der Waals surface area contributed by atoms with Crippen LogP contribution in [0.4, 0.5) is 0 Å². The van der Waals surface area contributed by atoms with Gasteiger partial charge in [0.1, 0.15) is 0 Å². The quantitative estimate of drug-likeness (QED) is 0.889. The Hall–Kier alpha value is -1.11. The molecule has 0 radical (unpaired) electrons. The normalized spacial score (nSPS) is 19.0. The molecular weight excluding hydrogens is 359 g/mol. The summed E-state index contributed by atoms with van der Waals surface area (Å²) in [7, 11) is 2.06. The van der Waals surface area contributed by atoms with Crippen molar-refractivity contribution in [2.24, 2.45) is 0 Å². The van der Waals surface area contributed by atoms with Crippen molar-refractivity contribution in [1.82, 2.24) is 20.4 Å². The molecule has 0 bridgehead atoms. The number of hydrogen-bond acceptors (Lipinski definition) is 5. The summed E-state index contributed by atoms with van der Waals surface area (Å²) in [6.45, 7) is 2.77. The van der Waals surface area contributed by atoms with Gasteiger partial charge in [0.05, 0.1) is 6.04 Å². The Bertz CT molecular complexity index is 669. The molecule has 1 atom stereocenters. The maximum Gasteiger partial charge on any atom is 0.250 e. The van der Waals surface area contributed by atoms with Crippen molar-refractivity contribution < 1.29 is 4.52 Å². The first kappa shape index (κ1) is 18.2. The number of nitrogens with zero attached hydrogens (tertiary/aromatic N) is 3. The summed E-state index contributed by atoms with van der Waals surface area (Å²) in [6.07, 6.45) is 3.60. The lowest BCUT2D eigenvalue weighted by Gasteiger charge is -2.30. The molecule has 23 heavy (non-hydrogen) atoms. The van der Waals surface area contributed by atoms with Crippen molar-refractivity contribution in [3.05, 3.63) is 45.5 Å². The highest BCUT2D eigenvalue weighted by Gasteiger charge is 2.24. The fourth-order valence-electron chi connectivity index (χ4n) is 2.38. The van der Waals surface area contributed by atoms with Crippen LogP contribution >= 0.6 is 35.6 Å². The third-order valence-electron chi connectivity index (χ3n) is 3.57. The van der Waals surface area contributed by atoms with Gasteiger partial charge in [0, 0.05) is 35.8 Å². The van der Waals surface area contributed by atoms with E-state index < -0.39 is 0 Å². The van der Waals surface area contributed by atoms with Gasteiger partial charge >= 0.3 is 0 Å². The second-order valence-electron chi connectivity index (χ2n) is 5.23. The van der Waals surface area contributed by atoms with Gasteiger partial charge in [0.25, 0.3) is 5.89 Å². The van der Waals surface area contributed by atoms with Crippen LogP contribution in [0, 0.1) is 0 Å². The number of aromatic nitrogens is 2. The van der Waals surface area contributed by atoms with Crippen molar-refractivity contribution in [3.8, 4) is 0 Å². The van der Waals surface area contributed by atoms with Gasteiger partial charge in [0.2, 0.25) is 0 Å². The molecule has 0 saturated carbocycles. The summed E-state index contributed by atoms with van der Waals surface area (Å²) in [5, 5.41) is 8.58. The second kappa shape index (κ2) is 8.13. The van der Waals surface area contributed by atoms with E-state index >= 15 is 0 Å². The van der Waals surface area contributed by atoms with Gasteiger partial charge in [-0.3, -0.25) is 4.90 Å². The summed E-state index contributed by atoms with van der Waals surface area (Å²) >= 11 is 11.9. The fraction of sp³-hybridized carbons (Fsp3) is 0.333. The maximum atomic E-state index is 5.97. The monoisotopic (exact) mass is 374 g/mol. The van der Waals surface area contributed by atoms with E-state index in [1.165, 1.54) is 0 Å². The molecule has 0 amide bonds. The predicted octanol–water partition coefficient (Wildman–Crippen LogP) is 3.54. The zero-order valence-corrected chi connectivity index (χ0v) is 14.8. The molecule has 1 aliphatic heterocycles. The Kier molecular flexibility index (Phi) is 6.44. The van der Waals surface area contributed by atoms with Crippen molar-refractivity contribution in [3.63, 3.8) is 0 Å². The molecule has 1 aliphatic rings. The smallest absolute Gasteiger partial charge is 0.250 e. The highest BCUT2D eigenvalue weighted by molar-refractivity contribution is 6.34. The largest absolute Gasteiger partial charge is 0.335 e.